The van der Waals surface area contributed by atoms with E-state index < -0.39 is 8.07 Å². The van der Waals surface area contributed by atoms with Crippen molar-refractivity contribution in [3.63, 3.8) is 0 Å². The Morgan fingerprint density at radius 1 is 0.512 bits per heavy atom. The molecule has 0 spiro atoms. The Kier molecular flexibility index (Phi) is 10.4. The van der Waals surface area contributed by atoms with Gasteiger partial charge in [0.1, 0.15) is 0 Å². The first-order valence-corrected chi connectivity index (χ1v) is 16.9. The van der Waals surface area contributed by atoms with Gasteiger partial charge in [0.25, 0.3) is 0 Å². The van der Waals surface area contributed by atoms with E-state index in [1.807, 2.05) is 0 Å². The third-order valence-corrected chi connectivity index (χ3v) is 13.1. The fraction of sp³-hybridized carbons (Fsp3) is 0.0732. The second-order valence-corrected chi connectivity index (χ2v) is 15.5. The summed E-state index contributed by atoms with van der Waals surface area (Å²) in [5.74, 6) is 0. The molecule has 0 aliphatic rings. The van der Waals surface area contributed by atoms with E-state index in [0.29, 0.717) is 0 Å². The second kappa shape index (κ2) is 13.8. The van der Waals surface area contributed by atoms with Crippen LogP contribution in [0.5, 0.6) is 0 Å². The van der Waals surface area contributed by atoms with Crippen LogP contribution in [-0.2, 0) is 32.3 Å². The van der Waals surface area contributed by atoms with Crippen molar-refractivity contribution in [1.82, 2.24) is 0 Å². The fourth-order valence-electron chi connectivity index (χ4n) is 6.34. The SMILES string of the molecule is C[Si](CCc1ccccc1)(c1cc2c(-c3ccccc3)cccc2[cH-]1)c1cc2c(-c3ccccc3)cccc2[cH-]1.[CH3-].[CH3-].[Hf+4]. The van der Waals surface area contributed by atoms with Gasteiger partial charge in [-0.25, -0.2) is 0 Å². The molecule has 0 atom stereocenters. The van der Waals surface area contributed by atoms with Crippen LogP contribution in [0.15, 0.2) is 152 Å². The van der Waals surface area contributed by atoms with E-state index in [4.69, 9.17) is 0 Å². The predicted octanol–water partition coefficient (Wildman–Crippen LogP) is 10.1. The third-order valence-electron chi connectivity index (χ3n) is 8.70. The summed E-state index contributed by atoms with van der Waals surface area (Å²) in [6, 6.07) is 57.4. The molecule has 0 unspecified atom stereocenters. The van der Waals surface area contributed by atoms with Gasteiger partial charge in [-0.1, -0.05) is 121 Å². The molecule has 7 rings (SSSR count). The van der Waals surface area contributed by atoms with Crippen molar-refractivity contribution in [1.29, 1.82) is 0 Å². The molecule has 0 aliphatic heterocycles. The van der Waals surface area contributed by atoms with Crippen molar-refractivity contribution in [3.05, 3.63) is 172 Å². The number of benzene rings is 5. The van der Waals surface area contributed by atoms with Gasteiger partial charge < -0.3 is 14.9 Å². The molecule has 7 aromatic carbocycles. The van der Waals surface area contributed by atoms with Crippen molar-refractivity contribution in [2.24, 2.45) is 0 Å². The van der Waals surface area contributed by atoms with Crippen molar-refractivity contribution in [3.8, 4) is 22.3 Å². The molecule has 0 heterocycles. The van der Waals surface area contributed by atoms with Gasteiger partial charge in [0.05, 0.1) is 8.07 Å². The molecule has 0 amide bonds. The minimum atomic E-state index is -2.10. The Bertz CT molecular complexity index is 1780. The van der Waals surface area contributed by atoms with E-state index in [2.05, 4.69) is 158 Å². The number of aryl methyl sites for hydroxylation is 1. The zero-order chi connectivity index (χ0) is 26.9. The molecule has 0 fully saturated rings. The molecule has 0 saturated heterocycles. The second-order valence-electron chi connectivity index (χ2n) is 11.2. The van der Waals surface area contributed by atoms with Gasteiger partial charge in [-0.05, 0) is 29.2 Å². The number of rotatable bonds is 7. The molecular formula is C41H38HfSi. The minimum Gasteiger partial charge on any atom is -0.358 e. The van der Waals surface area contributed by atoms with Crippen LogP contribution in [0.3, 0.4) is 0 Å². The molecule has 0 nitrogen and oxygen atoms in total. The van der Waals surface area contributed by atoms with Crippen LogP contribution in [-0.4, -0.2) is 8.07 Å². The van der Waals surface area contributed by atoms with Crippen LogP contribution < -0.4 is 10.4 Å². The number of hydrogen-bond acceptors (Lipinski definition) is 0. The molecule has 210 valence electrons. The Morgan fingerprint density at radius 3 is 1.37 bits per heavy atom. The molecule has 0 bridgehead atoms. The summed E-state index contributed by atoms with van der Waals surface area (Å²) in [5.41, 5.74) is 6.63. The zero-order valence-electron chi connectivity index (χ0n) is 25.3. The van der Waals surface area contributed by atoms with Gasteiger partial charge in [-0.15, -0.1) is 68.3 Å². The summed E-state index contributed by atoms with van der Waals surface area (Å²) < 4.78 is 0. The molecule has 0 aliphatic carbocycles. The van der Waals surface area contributed by atoms with Crippen LogP contribution in [0, 0.1) is 14.9 Å². The van der Waals surface area contributed by atoms with Crippen LogP contribution in [0.2, 0.25) is 12.6 Å². The maximum Gasteiger partial charge on any atom is 4.00 e. The van der Waals surface area contributed by atoms with Crippen LogP contribution in [0.4, 0.5) is 0 Å². The van der Waals surface area contributed by atoms with Gasteiger partial charge in [0.15, 0.2) is 0 Å². The Hall–Kier alpha value is -3.59. The minimum absolute atomic E-state index is 0. The summed E-state index contributed by atoms with van der Waals surface area (Å²) in [6.07, 6.45) is 1.09. The molecular weight excluding hydrogens is 699 g/mol. The average Bonchev–Trinajstić information content (AvgIpc) is 3.67. The van der Waals surface area contributed by atoms with Crippen LogP contribution in [0.1, 0.15) is 5.56 Å². The van der Waals surface area contributed by atoms with Crippen molar-refractivity contribution < 1.29 is 25.8 Å². The topological polar surface area (TPSA) is 0 Å². The molecule has 0 aromatic heterocycles. The van der Waals surface area contributed by atoms with Gasteiger partial charge in [-0.2, -0.15) is 12.1 Å². The Balaban J connectivity index is 0.00000141. The fourth-order valence-corrected chi connectivity index (χ4v) is 9.91. The van der Waals surface area contributed by atoms with Crippen LogP contribution in [0.25, 0.3) is 43.8 Å². The number of hydrogen-bond donors (Lipinski definition) is 0. The molecule has 7 aromatic rings. The van der Waals surface area contributed by atoms with E-state index >= 15 is 0 Å². The summed E-state index contributed by atoms with van der Waals surface area (Å²) in [5, 5.41) is 8.47. The maximum atomic E-state index is 2.59. The Morgan fingerprint density at radius 2 is 0.930 bits per heavy atom. The molecule has 0 N–H and O–H groups in total. The summed E-state index contributed by atoms with van der Waals surface area (Å²) in [4.78, 5) is 0. The standard InChI is InChI=1S/C39H32Si.2CH3.Hf/c1-40(24-23-29-13-5-2-6-14-29,34-25-32-19-11-21-36(38(32)27-34)30-15-7-3-8-16-30)35-26-33-20-12-22-37(39(33)28-35)31-17-9-4-10-18-31;;;/h2-22,25-28H,23-24H2,1H3;2*1H3;/q-2;2*-1;+4. The first kappa shape index (κ1) is 32.3. The molecule has 0 radical (unpaired) electrons. The van der Waals surface area contributed by atoms with Gasteiger partial charge in [-0.3, -0.25) is 0 Å². The smallest absolute Gasteiger partial charge is 0.358 e. The molecule has 2 heteroatoms. The largest absolute Gasteiger partial charge is 4.00 e. The normalized spacial score (nSPS) is 11.0. The summed E-state index contributed by atoms with van der Waals surface area (Å²) in [7, 11) is -2.10. The van der Waals surface area contributed by atoms with E-state index in [1.165, 1.54) is 65.8 Å². The van der Waals surface area contributed by atoms with E-state index in [9.17, 15) is 0 Å². The monoisotopic (exact) mass is 738 g/mol. The van der Waals surface area contributed by atoms with Crippen LogP contribution >= 0.6 is 0 Å². The van der Waals surface area contributed by atoms with E-state index in [-0.39, 0.29) is 40.7 Å². The third kappa shape index (κ3) is 6.23. The van der Waals surface area contributed by atoms with Crippen molar-refractivity contribution >= 4 is 40.0 Å². The van der Waals surface area contributed by atoms with Crippen molar-refractivity contribution in [2.45, 2.75) is 19.0 Å². The summed E-state index contributed by atoms with van der Waals surface area (Å²) in [6.45, 7) is 2.59. The predicted molar refractivity (Wildman–Crippen MR) is 189 cm³/mol. The summed E-state index contributed by atoms with van der Waals surface area (Å²) >= 11 is 0. The average molecular weight is 737 g/mol. The molecule has 0 saturated carbocycles. The maximum absolute atomic E-state index is 2.59. The number of fused-ring (bicyclic) bond motifs is 2. The van der Waals surface area contributed by atoms with Gasteiger partial charge in [0.2, 0.25) is 0 Å². The molecule has 43 heavy (non-hydrogen) atoms. The first-order valence-electron chi connectivity index (χ1n) is 14.2. The zero-order valence-corrected chi connectivity index (χ0v) is 29.9. The Labute approximate surface area is 277 Å². The van der Waals surface area contributed by atoms with Gasteiger partial charge in [0, 0.05) is 0 Å². The van der Waals surface area contributed by atoms with Crippen molar-refractivity contribution in [2.75, 3.05) is 0 Å². The van der Waals surface area contributed by atoms with E-state index in [0.717, 1.165) is 6.42 Å². The quantitative estimate of drug-likeness (QED) is 0.113. The first-order chi connectivity index (χ1) is 19.7. The van der Waals surface area contributed by atoms with E-state index in [1.54, 1.807) is 0 Å². The van der Waals surface area contributed by atoms with Gasteiger partial charge >= 0.3 is 25.8 Å².